The Morgan fingerprint density at radius 1 is 1.47 bits per heavy atom. The summed E-state index contributed by atoms with van der Waals surface area (Å²) in [6.45, 7) is 3.68. The molecule has 2 N–H and O–H groups in total. The first-order chi connectivity index (χ1) is 9.09. The maximum atomic E-state index is 13.7. The summed E-state index contributed by atoms with van der Waals surface area (Å²) < 4.78 is 14.3. The molecule has 0 spiro atoms. The van der Waals surface area contributed by atoms with Crippen LogP contribution in [0.2, 0.25) is 0 Å². The first-order valence-electron chi connectivity index (χ1n) is 6.55. The fourth-order valence-corrected chi connectivity index (χ4v) is 2.95. The van der Waals surface area contributed by atoms with Crippen molar-refractivity contribution in [1.82, 2.24) is 5.32 Å². The van der Waals surface area contributed by atoms with Crippen LogP contribution in [0, 0.1) is 11.2 Å². The molecule has 0 bridgehead atoms. The van der Waals surface area contributed by atoms with E-state index in [0.717, 1.165) is 32.4 Å². The zero-order valence-corrected chi connectivity index (χ0v) is 12.5. The summed E-state index contributed by atoms with van der Waals surface area (Å²) in [6.07, 6.45) is 2.36. The molecule has 0 radical (unpaired) electrons. The van der Waals surface area contributed by atoms with Crippen molar-refractivity contribution in [3.63, 3.8) is 0 Å². The number of carbonyl (C=O) groups is 1. The van der Waals surface area contributed by atoms with Gasteiger partial charge in [0, 0.05) is 4.47 Å². The third kappa shape index (κ3) is 2.98. The predicted molar refractivity (Wildman–Crippen MR) is 77.6 cm³/mol. The van der Waals surface area contributed by atoms with Crippen molar-refractivity contribution in [2.24, 2.45) is 5.41 Å². The monoisotopic (exact) mass is 328 g/mol. The second kappa shape index (κ2) is 6.01. The number of benzene rings is 1. The van der Waals surface area contributed by atoms with Crippen LogP contribution in [0.15, 0.2) is 22.7 Å². The number of nitrogens with one attached hydrogen (secondary N) is 2. The van der Waals surface area contributed by atoms with Gasteiger partial charge in [-0.1, -0.05) is 13.0 Å². The van der Waals surface area contributed by atoms with E-state index in [1.807, 2.05) is 6.92 Å². The molecule has 104 valence electrons. The van der Waals surface area contributed by atoms with Crippen molar-refractivity contribution >= 4 is 27.5 Å². The van der Waals surface area contributed by atoms with Crippen LogP contribution in [0.1, 0.15) is 26.2 Å². The highest BCUT2D eigenvalue weighted by atomic mass is 79.9. The lowest BCUT2D eigenvalue weighted by atomic mass is 9.76. The molecule has 1 saturated heterocycles. The second-order valence-corrected chi connectivity index (χ2v) is 5.79. The third-order valence-corrected chi connectivity index (χ3v) is 4.58. The third-order valence-electron chi connectivity index (χ3n) is 3.92. The minimum absolute atomic E-state index is 0.0812. The van der Waals surface area contributed by atoms with Gasteiger partial charge in [0.05, 0.1) is 11.1 Å². The molecule has 0 saturated carbocycles. The normalized spacial score (nSPS) is 18.1. The minimum Gasteiger partial charge on any atom is -0.322 e. The average molecular weight is 329 g/mol. The number of hydrogen-bond acceptors (Lipinski definition) is 2. The second-order valence-electron chi connectivity index (χ2n) is 4.93. The number of amides is 1. The quantitative estimate of drug-likeness (QED) is 0.893. The summed E-state index contributed by atoms with van der Waals surface area (Å²) in [5.74, 6) is -0.495. The van der Waals surface area contributed by atoms with Crippen LogP contribution in [-0.2, 0) is 4.79 Å². The zero-order chi connectivity index (χ0) is 13.9. The van der Waals surface area contributed by atoms with Gasteiger partial charge >= 0.3 is 0 Å². The Kier molecular flexibility index (Phi) is 4.58. The fourth-order valence-electron chi connectivity index (χ4n) is 2.51. The highest BCUT2D eigenvalue weighted by Crippen LogP contribution is 2.35. The van der Waals surface area contributed by atoms with Crippen LogP contribution in [0.5, 0.6) is 0 Å². The zero-order valence-electron chi connectivity index (χ0n) is 10.9. The average Bonchev–Trinajstić information content (AvgIpc) is 2.43. The topological polar surface area (TPSA) is 41.1 Å². The van der Waals surface area contributed by atoms with Crippen molar-refractivity contribution in [2.45, 2.75) is 26.2 Å². The largest absolute Gasteiger partial charge is 0.322 e. The lowest BCUT2D eigenvalue weighted by Crippen LogP contribution is -2.44. The van der Waals surface area contributed by atoms with Crippen LogP contribution in [0.4, 0.5) is 10.1 Å². The number of anilines is 1. The molecule has 19 heavy (non-hydrogen) atoms. The molecule has 1 aromatic rings. The van der Waals surface area contributed by atoms with Crippen LogP contribution in [0.25, 0.3) is 0 Å². The van der Waals surface area contributed by atoms with Crippen molar-refractivity contribution in [1.29, 1.82) is 0 Å². The van der Waals surface area contributed by atoms with Crippen molar-refractivity contribution in [3.05, 3.63) is 28.5 Å². The van der Waals surface area contributed by atoms with Gasteiger partial charge in [0.1, 0.15) is 5.82 Å². The van der Waals surface area contributed by atoms with E-state index in [4.69, 9.17) is 0 Å². The van der Waals surface area contributed by atoms with Gasteiger partial charge < -0.3 is 10.6 Å². The van der Waals surface area contributed by atoms with E-state index < -0.39 is 5.82 Å². The molecule has 0 aliphatic carbocycles. The summed E-state index contributed by atoms with van der Waals surface area (Å²) in [5.41, 5.74) is -0.147. The van der Waals surface area contributed by atoms with Crippen LogP contribution >= 0.6 is 15.9 Å². The van der Waals surface area contributed by atoms with Gasteiger partial charge in [0.2, 0.25) is 5.91 Å². The SMILES string of the molecule is CCC1(C(=O)Nc2c(F)cccc2Br)CCNCC1. The van der Waals surface area contributed by atoms with E-state index in [0.29, 0.717) is 4.47 Å². The molecule has 3 nitrogen and oxygen atoms in total. The van der Waals surface area contributed by atoms with E-state index >= 15 is 0 Å². The van der Waals surface area contributed by atoms with Gasteiger partial charge in [0.25, 0.3) is 0 Å². The molecule has 1 heterocycles. The first kappa shape index (κ1) is 14.5. The molecule has 0 unspecified atom stereocenters. The number of rotatable bonds is 3. The highest BCUT2D eigenvalue weighted by Gasteiger charge is 2.38. The van der Waals surface area contributed by atoms with Crippen molar-refractivity contribution < 1.29 is 9.18 Å². The number of piperidine rings is 1. The molecule has 1 aliphatic heterocycles. The summed E-state index contributed by atoms with van der Waals surface area (Å²) in [5, 5.41) is 6.00. The maximum absolute atomic E-state index is 13.7. The van der Waals surface area contributed by atoms with Crippen LogP contribution in [0.3, 0.4) is 0 Å². The van der Waals surface area contributed by atoms with E-state index in [2.05, 4.69) is 26.6 Å². The van der Waals surface area contributed by atoms with Crippen LogP contribution in [-0.4, -0.2) is 19.0 Å². The summed E-state index contributed by atoms with van der Waals surface area (Å²) in [6, 6.07) is 4.68. The Morgan fingerprint density at radius 3 is 2.74 bits per heavy atom. The Morgan fingerprint density at radius 2 is 2.16 bits per heavy atom. The van der Waals surface area contributed by atoms with Crippen LogP contribution < -0.4 is 10.6 Å². The Labute approximate surface area is 121 Å². The van der Waals surface area contributed by atoms with E-state index in [9.17, 15) is 9.18 Å². The summed E-state index contributed by atoms with van der Waals surface area (Å²) in [7, 11) is 0. The molecule has 2 rings (SSSR count). The van der Waals surface area contributed by atoms with Gasteiger partial charge in [-0.25, -0.2) is 4.39 Å². The molecular weight excluding hydrogens is 311 g/mol. The van der Waals surface area contributed by atoms with Gasteiger partial charge in [-0.15, -0.1) is 0 Å². The number of halogens is 2. The Balaban J connectivity index is 2.20. The Bertz CT molecular complexity index is 452. The summed E-state index contributed by atoms with van der Waals surface area (Å²) in [4.78, 5) is 12.5. The molecular formula is C14H18BrFN2O. The van der Waals surface area contributed by atoms with Gasteiger partial charge in [0.15, 0.2) is 0 Å². The van der Waals surface area contributed by atoms with E-state index in [1.54, 1.807) is 12.1 Å². The number of para-hydroxylation sites is 1. The summed E-state index contributed by atoms with van der Waals surface area (Å²) >= 11 is 3.27. The number of carbonyl (C=O) groups excluding carboxylic acids is 1. The molecule has 0 atom stereocenters. The molecule has 1 amide bonds. The fraction of sp³-hybridized carbons (Fsp3) is 0.500. The van der Waals surface area contributed by atoms with Crippen molar-refractivity contribution in [2.75, 3.05) is 18.4 Å². The lowest BCUT2D eigenvalue weighted by molar-refractivity contribution is -0.127. The predicted octanol–water partition coefficient (Wildman–Crippen LogP) is 3.31. The molecule has 1 aliphatic rings. The molecule has 5 heteroatoms. The van der Waals surface area contributed by atoms with Gasteiger partial charge in [-0.2, -0.15) is 0 Å². The smallest absolute Gasteiger partial charge is 0.230 e. The Hall–Kier alpha value is -0.940. The van der Waals surface area contributed by atoms with Crippen molar-refractivity contribution in [3.8, 4) is 0 Å². The molecule has 1 aromatic carbocycles. The standard InChI is InChI=1S/C14H18BrFN2O/c1-2-14(6-8-17-9-7-14)13(19)18-12-10(15)4-3-5-11(12)16/h3-5,17H,2,6-9H2,1H3,(H,18,19). The highest BCUT2D eigenvalue weighted by molar-refractivity contribution is 9.10. The lowest BCUT2D eigenvalue weighted by Gasteiger charge is -2.35. The minimum atomic E-state index is -0.414. The maximum Gasteiger partial charge on any atom is 0.230 e. The van der Waals surface area contributed by atoms with E-state index in [-0.39, 0.29) is 17.0 Å². The van der Waals surface area contributed by atoms with E-state index in [1.165, 1.54) is 6.07 Å². The molecule has 0 aromatic heterocycles. The molecule has 1 fully saturated rings. The number of hydrogen-bond donors (Lipinski definition) is 2. The van der Waals surface area contributed by atoms with Gasteiger partial charge in [-0.3, -0.25) is 4.79 Å². The first-order valence-corrected chi connectivity index (χ1v) is 7.34. The van der Waals surface area contributed by atoms with Gasteiger partial charge in [-0.05, 0) is 60.4 Å².